The van der Waals surface area contributed by atoms with E-state index in [-0.39, 0.29) is 6.79 Å². The molecule has 0 saturated carbocycles. The first-order valence-corrected chi connectivity index (χ1v) is 9.96. The number of hydrogen-bond acceptors (Lipinski definition) is 7. The summed E-state index contributed by atoms with van der Waals surface area (Å²) < 4.78 is 16.1. The fourth-order valence-electron chi connectivity index (χ4n) is 2.98. The van der Waals surface area contributed by atoms with Gasteiger partial charge in [0.2, 0.25) is 6.79 Å². The molecule has 2 N–H and O–H groups in total. The Morgan fingerprint density at radius 3 is 2.90 bits per heavy atom. The molecular weight excluding hydrogens is 384 g/mol. The molecular formula is C21H24N6O3. The first kappa shape index (κ1) is 19.7. The molecule has 0 spiro atoms. The third-order valence-electron chi connectivity index (χ3n) is 4.44. The highest BCUT2D eigenvalue weighted by atomic mass is 16.7. The molecule has 156 valence electrons. The van der Waals surface area contributed by atoms with Crippen molar-refractivity contribution in [2.45, 2.75) is 19.8 Å². The van der Waals surface area contributed by atoms with Crippen LogP contribution >= 0.6 is 0 Å². The van der Waals surface area contributed by atoms with Crippen molar-refractivity contribution in [2.24, 2.45) is 4.99 Å². The second-order valence-corrected chi connectivity index (χ2v) is 6.61. The van der Waals surface area contributed by atoms with E-state index in [0.29, 0.717) is 30.4 Å². The number of ether oxygens (including phenoxy) is 2. The van der Waals surface area contributed by atoms with Crippen molar-refractivity contribution in [3.63, 3.8) is 0 Å². The quantitative estimate of drug-likeness (QED) is 0.432. The smallest absolute Gasteiger partial charge is 0.276 e. The minimum absolute atomic E-state index is 0.290. The Labute approximate surface area is 174 Å². The van der Waals surface area contributed by atoms with Crippen LogP contribution in [0.25, 0.3) is 11.6 Å². The molecule has 1 aliphatic heterocycles. The van der Waals surface area contributed by atoms with Crippen molar-refractivity contribution in [3.05, 3.63) is 54.0 Å². The minimum Gasteiger partial charge on any atom is -0.454 e. The number of aliphatic imine (C=N–C) groups is 1. The van der Waals surface area contributed by atoms with E-state index in [2.05, 4.69) is 36.8 Å². The van der Waals surface area contributed by atoms with Gasteiger partial charge in [-0.2, -0.15) is 4.98 Å². The third-order valence-corrected chi connectivity index (χ3v) is 4.44. The van der Waals surface area contributed by atoms with Gasteiger partial charge in [0, 0.05) is 32.3 Å². The highest BCUT2D eigenvalue weighted by Crippen LogP contribution is 2.32. The van der Waals surface area contributed by atoms with Crippen LogP contribution in [0.2, 0.25) is 0 Å². The van der Waals surface area contributed by atoms with E-state index in [1.807, 2.05) is 37.3 Å². The molecule has 0 bridgehead atoms. The van der Waals surface area contributed by atoms with Crippen LogP contribution in [-0.2, 0) is 12.8 Å². The molecule has 1 aromatic carbocycles. The van der Waals surface area contributed by atoms with Gasteiger partial charge in [0.25, 0.3) is 5.89 Å². The van der Waals surface area contributed by atoms with Crippen molar-refractivity contribution in [2.75, 3.05) is 26.4 Å². The molecule has 0 saturated heterocycles. The molecule has 3 heterocycles. The molecule has 9 heteroatoms. The Balaban J connectivity index is 1.27. The lowest BCUT2D eigenvalue weighted by molar-refractivity contribution is 0.174. The normalized spacial score (nSPS) is 12.8. The number of aromatic nitrogens is 3. The molecule has 0 fully saturated rings. The van der Waals surface area contributed by atoms with Crippen molar-refractivity contribution in [1.82, 2.24) is 25.8 Å². The number of guanidine groups is 1. The van der Waals surface area contributed by atoms with Gasteiger partial charge >= 0.3 is 0 Å². The summed E-state index contributed by atoms with van der Waals surface area (Å²) in [4.78, 5) is 13.2. The van der Waals surface area contributed by atoms with Gasteiger partial charge in [-0.25, -0.2) is 0 Å². The number of pyridine rings is 1. The van der Waals surface area contributed by atoms with Gasteiger partial charge in [-0.05, 0) is 43.2 Å². The Morgan fingerprint density at radius 2 is 2.03 bits per heavy atom. The fourth-order valence-corrected chi connectivity index (χ4v) is 2.98. The first-order chi connectivity index (χ1) is 14.8. The Hall–Kier alpha value is -3.62. The zero-order chi connectivity index (χ0) is 20.6. The molecule has 1 aliphatic rings. The van der Waals surface area contributed by atoms with Gasteiger partial charge in [0.05, 0.1) is 0 Å². The maximum Gasteiger partial charge on any atom is 0.276 e. The first-order valence-electron chi connectivity index (χ1n) is 9.96. The molecule has 3 aromatic rings. The van der Waals surface area contributed by atoms with Gasteiger partial charge in [-0.15, -0.1) is 0 Å². The molecule has 0 amide bonds. The Morgan fingerprint density at radius 1 is 1.10 bits per heavy atom. The SMILES string of the molecule is CCNC(=NCCc1noc(-c2ccccn2)n1)NCCc1ccc2c(c1)OCO2. The summed E-state index contributed by atoms with van der Waals surface area (Å²) in [5, 5.41) is 10.6. The number of nitrogens with zero attached hydrogens (tertiary/aromatic N) is 4. The van der Waals surface area contributed by atoms with E-state index < -0.39 is 0 Å². The van der Waals surface area contributed by atoms with Crippen LogP contribution in [0.15, 0.2) is 52.1 Å². The summed E-state index contributed by atoms with van der Waals surface area (Å²) in [6.07, 6.45) is 3.12. The molecule has 4 rings (SSSR count). The van der Waals surface area contributed by atoms with Crippen molar-refractivity contribution >= 4 is 5.96 Å². The van der Waals surface area contributed by atoms with Gasteiger partial charge < -0.3 is 24.6 Å². The molecule has 9 nitrogen and oxygen atoms in total. The number of benzene rings is 1. The maximum absolute atomic E-state index is 5.43. The standard InChI is InChI=1S/C21H24N6O3/c1-2-22-21(24-11-8-15-6-7-17-18(13-15)29-14-28-17)25-12-9-19-26-20(30-27-19)16-5-3-4-10-23-16/h3-7,10,13H,2,8-9,11-12,14H2,1H3,(H2,22,24,25). The second kappa shape index (κ2) is 9.73. The highest BCUT2D eigenvalue weighted by Gasteiger charge is 2.13. The Kier molecular flexibility index (Phi) is 6.38. The van der Waals surface area contributed by atoms with E-state index in [1.54, 1.807) is 6.20 Å². The number of nitrogens with one attached hydrogen (secondary N) is 2. The van der Waals surface area contributed by atoms with Crippen molar-refractivity contribution in [1.29, 1.82) is 0 Å². The Bertz CT molecular complexity index is 989. The fraction of sp³-hybridized carbons (Fsp3) is 0.333. The maximum atomic E-state index is 5.43. The third kappa shape index (κ3) is 5.05. The number of fused-ring (bicyclic) bond motifs is 1. The zero-order valence-corrected chi connectivity index (χ0v) is 16.8. The van der Waals surface area contributed by atoms with Crippen LogP contribution in [0.5, 0.6) is 11.5 Å². The largest absolute Gasteiger partial charge is 0.454 e. The van der Waals surface area contributed by atoms with E-state index in [0.717, 1.165) is 37.0 Å². The average molecular weight is 408 g/mol. The predicted octanol–water partition coefficient (Wildman–Crippen LogP) is 2.20. The van der Waals surface area contributed by atoms with Crippen LogP contribution in [0, 0.1) is 0 Å². The second-order valence-electron chi connectivity index (χ2n) is 6.61. The lowest BCUT2D eigenvalue weighted by Crippen LogP contribution is -2.38. The topological polar surface area (TPSA) is 107 Å². The van der Waals surface area contributed by atoms with Crippen LogP contribution in [0.3, 0.4) is 0 Å². The number of rotatable bonds is 8. The summed E-state index contributed by atoms with van der Waals surface area (Å²) >= 11 is 0. The van der Waals surface area contributed by atoms with Crippen molar-refractivity contribution in [3.8, 4) is 23.1 Å². The van der Waals surface area contributed by atoms with Crippen LogP contribution in [0.4, 0.5) is 0 Å². The van der Waals surface area contributed by atoms with Gasteiger partial charge in [0.15, 0.2) is 23.3 Å². The van der Waals surface area contributed by atoms with Gasteiger partial charge in [0.1, 0.15) is 5.69 Å². The summed E-state index contributed by atoms with van der Waals surface area (Å²) in [6.45, 7) is 4.39. The summed E-state index contributed by atoms with van der Waals surface area (Å²) in [5.41, 5.74) is 1.84. The van der Waals surface area contributed by atoms with Crippen LogP contribution in [-0.4, -0.2) is 47.5 Å². The summed E-state index contributed by atoms with van der Waals surface area (Å²) in [5.74, 6) is 3.39. The lowest BCUT2D eigenvalue weighted by atomic mass is 10.1. The highest BCUT2D eigenvalue weighted by molar-refractivity contribution is 5.79. The zero-order valence-electron chi connectivity index (χ0n) is 16.8. The molecule has 0 unspecified atom stereocenters. The number of hydrogen-bond donors (Lipinski definition) is 2. The predicted molar refractivity (Wildman–Crippen MR) is 111 cm³/mol. The summed E-state index contributed by atoms with van der Waals surface area (Å²) in [7, 11) is 0. The van der Waals surface area contributed by atoms with E-state index in [1.165, 1.54) is 5.56 Å². The summed E-state index contributed by atoms with van der Waals surface area (Å²) in [6, 6.07) is 11.6. The van der Waals surface area contributed by atoms with E-state index >= 15 is 0 Å². The molecule has 2 aromatic heterocycles. The van der Waals surface area contributed by atoms with E-state index in [9.17, 15) is 0 Å². The lowest BCUT2D eigenvalue weighted by Gasteiger charge is -2.11. The van der Waals surface area contributed by atoms with Crippen LogP contribution in [0.1, 0.15) is 18.3 Å². The minimum atomic E-state index is 0.290. The van der Waals surface area contributed by atoms with Crippen molar-refractivity contribution < 1.29 is 14.0 Å². The molecule has 0 atom stereocenters. The van der Waals surface area contributed by atoms with E-state index in [4.69, 9.17) is 14.0 Å². The average Bonchev–Trinajstić information content (AvgIpc) is 3.43. The van der Waals surface area contributed by atoms with Crippen LogP contribution < -0.4 is 20.1 Å². The monoisotopic (exact) mass is 408 g/mol. The molecule has 30 heavy (non-hydrogen) atoms. The molecule has 0 radical (unpaired) electrons. The van der Waals surface area contributed by atoms with Gasteiger partial charge in [-0.1, -0.05) is 17.3 Å². The van der Waals surface area contributed by atoms with Gasteiger partial charge in [-0.3, -0.25) is 9.98 Å². The molecule has 0 aliphatic carbocycles.